The lowest BCUT2D eigenvalue weighted by Gasteiger charge is -2.27. The lowest BCUT2D eigenvalue weighted by atomic mass is 10.1. The van der Waals surface area contributed by atoms with Gasteiger partial charge in [0.15, 0.2) is 11.3 Å². The van der Waals surface area contributed by atoms with Crippen molar-refractivity contribution in [3.63, 3.8) is 0 Å². The average molecular weight is 275 g/mol. The Kier molecular flexibility index (Phi) is 3.17. The number of ether oxygens (including phenoxy) is 1. The van der Waals surface area contributed by atoms with Gasteiger partial charge >= 0.3 is 5.97 Å². The van der Waals surface area contributed by atoms with Crippen molar-refractivity contribution in [2.45, 2.75) is 38.8 Å². The van der Waals surface area contributed by atoms with Crippen molar-refractivity contribution < 1.29 is 14.6 Å². The second-order valence-corrected chi connectivity index (χ2v) is 5.36. The van der Waals surface area contributed by atoms with Gasteiger partial charge in [-0.2, -0.15) is 0 Å². The fourth-order valence-electron chi connectivity index (χ4n) is 2.39. The molecule has 3 heterocycles. The quantitative estimate of drug-likeness (QED) is 0.924. The Labute approximate surface area is 116 Å². The summed E-state index contributed by atoms with van der Waals surface area (Å²) in [4.78, 5) is 19.9. The summed E-state index contributed by atoms with van der Waals surface area (Å²) < 4.78 is 7.47. The molecule has 20 heavy (non-hydrogen) atoms. The molecule has 1 N–H and O–H groups in total. The van der Waals surface area contributed by atoms with Crippen LogP contribution in [0.15, 0.2) is 12.1 Å². The molecule has 3 rings (SSSR count). The summed E-state index contributed by atoms with van der Waals surface area (Å²) in [5.74, 6) is 0.147. The number of imidazole rings is 1. The van der Waals surface area contributed by atoms with Crippen molar-refractivity contribution in [2.24, 2.45) is 0 Å². The van der Waals surface area contributed by atoms with Crippen LogP contribution in [0.3, 0.4) is 0 Å². The summed E-state index contributed by atoms with van der Waals surface area (Å²) in [5.41, 5.74) is 1.41. The van der Waals surface area contributed by atoms with Crippen LogP contribution < -0.4 is 0 Å². The Morgan fingerprint density at radius 2 is 2.25 bits per heavy atom. The van der Waals surface area contributed by atoms with Gasteiger partial charge in [-0.3, -0.25) is 0 Å². The monoisotopic (exact) mass is 275 g/mol. The summed E-state index contributed by atoms with van der Waals surface area (Å²) >= 11 is 0. The summed E-state index contributed by atoms with van der Waals surface area (Å²) in [7, 11) is 0. The van der Waals surface area contributed by atoms with Crippen LogP contribution in [0.4, 0.5) is 0 Å². The molecule has 1 fully saturated rings. The number of rotatable bonds is 4. The molecule has 0 saturated carbocycles. The van der Waals surface area contributed by atoms with E-state index in [2.05, 4.69) is 23.8 Å². The van der Waals surface area contributed by atoms with Crippen molar-refractivity contribution in [1.82, 2.24) is 14.5 Å². The summed E-state index contributed by atoms with van der Waals surface area (Å²) in [6.45, 7) is 5.61. The first-order chi connectivity index (χ1) is 9.56. The van der Waals surface area contributed by atoms with E-state index in [0.29, 0.717) is 12.2 Å². The second kappa shape index (κ2) is 4.86. The zero-order valence-electron chi connectivity index (χ0n) is 11.5. The average Bonchev–Trinajstić information content (AvgIpc) is 2.71. The zero-order chi connectivity index (χ0) is 14.3. The van der Waals surface area contributed by atoms with E-state index in [1.54, 1.807) is 6.07 Å². The van der Waals surface area contributed by atoms with E-state index in [-0.39, 0.29) is 17.7 Å². The Morgan fingerprint density at radius 1 is 1.50 bits per heavy atom. The Bertz CT molecular complexity index is 659. The molecule has 1 aliphatic rings. The van der Waals surface area contributed by atoms with Crippen LogP contribution >= 0.6 is 0 Å². The molecule has 6 heteroatoms. The highest BCUT2D eigenvalue weighted by Crippen LogP contribution is 2.24. The second-order valence-electron chi connectivity index (χ2n) is 5.36. The van der Waals surface area contributed by atoms with Crippen LogP contribution in [-0.2, 0) is 11.3 Å². The minimum absolute atomic E-state index is 0.0449. The van der Waals surface area contributed by atoms with Gasteiger partial charge in [-0.25, -0.2) is 14.8 Å². The summed E-state index contributed by atoms with van der Waals surface area (Å²) in [6, 6.07) is 3.21. The summed E-state index contributed by atoms with van der Waals surface area (Å²) in [5, 5.41) is 9.07. The number of carboxylic acid groups (broad SMARTS) is 1. The van der Waals surface area contributed by atoms with Crippen LogP contribution in [0.5, 0.6) is 0 Å². The van der Waals surface area contributed by atoms with Gasteiger partial charge in [-0.15, -0.1) is 0 Å². The molecule has 6 nitrogen and oxygen atoms in total. The Morgan fingerprint density at radius 3 is 2.80 bits per heavy atom. The van der Waals surface area contributed by atoms with Gasteiger partial charge in [-0.05, 0) is 18.6 Å². The molecule has 0 radical (unpaired) electrons. The van der Waals surface area contributed by atoms with Gasteiger partial charge in [0.05, 0.1) is 12.6 Å². The number of aromatic nitrogens is 3. The minimum Gasteiger partial charge on any atom is -0.477 e. The standard InChI is InChI=1S/C14H17N3O3/c1-8(2)12-15-10-3-4-11(14(18)19)16-13(10)17(12)7-9-5-6-20-9/h3-4,8-9H,5-7H2,1-2H3,(H,18,19). The molecule has 1 unspecified atom stereocenters. The van der Waals surface area contributed by atoms with E-state index in [4.69, 9.17) is 9.84 Å². The van der Waals surface area contributed by atoms with Crippen LogP contribution in [-0.4, -0.2) is 38.3 Å². The van der Waals surface area contributed by atoms with Gasteiger partial charge in [0, 0.05) is 12.5 Å². The number of carbonyl (C=O) groups is 1. The smallest absolute Gasteiger partial charge is 0.354 e. The third-order valence-corrected chi connectivity index (χ3v) is 3.54. The third-order valence-electron chi connectivity index (χ3n) is 3.54. The van der Waals surface area contributed by atoms with Crippen LogP contribution in [0.1, 0.15) is 42.5 Å². The normalized spacial score (nSPS) is 18.4. The van der Waals surface area contributed by atoms with E-state index in [0.717, 1.165) is 24.4 Å². The Hall–Kier alpha value is -1.95. The van der Waals surface area contributed by atoms with Crippen molar-refractivity contribution >= 4 is 17.1 Å². The zero-order valence-corrected chi connectivity index (χ0v) is 11.5. The van der Waals surface area contributed by atoms with Crippen molar-refractivity contribution in [2.75, 3.05) is 6.61 Å². The predicted molar refractivity (Wildman–Crippen MR) is 72.9 cm³/mol. The molecule has 0 aromatic carbocycles. The van der Waals surface area contributed by atoms with Crippen molar-refractivity contribution in [1.29, 1.82) is 0 Å². The first-order valence-electron chi connectivity index (χ1n) is 6.78. The molecule has 106 valence electrons. The maximum Gasteiger partial charge on any atom is 0.354 e. The van der Waals surface area contributed by atoms with Gasteiger partial charge in [0.1, 0.15) is 11.3 Å². The van der Waals surface area contributed by atoms with Gasteiger partial charge in [0.25, 0.3) is 0 Å². The van der Waals surface area contributed by atoms with E-state index in [1.165, 1.54) is 6.07 Å². The molecule has 0 bridgehead atoms. The third kappa shape index (κ3) is 2.16. The van der Waals surface area contributed by atoms with Gasteiger partial charge < -0.3 is 14.4 Å². The molecule has 1 saturated heterocycles. The molecule has 0 amide bonds. The summed E-state index contributed by atoms with van der Waals surface area (Å²) in [6.07, 6.45) is 1.20. The molecule has 2 aromatic rings. The fraction of sp³-hybridized carbons (Fsp3) is 0.500. The first-order valence-corrected chi connectivity index (χ1v) is 6.78. The van der Waals surface area contributed by atoms with E-state index >= 15 is 0 Å². The largest absolute Gasteiger partial charge is 0.477 e. The molecule has 2 aromatic heterocycles. The molecule has 0 spiro atoms. The van der Waals surface area contributed by atoms with E-state index in [1.807, 2.05) is 4.57 Å². The van der Waals surface area contributed by atoms with Crippen LogP contribution in [0.25, 0.3) is 11.2 Å². The van der Waals surface area contributed by atoms with Crippen molar-refractivity contribution in [3.05, 3.63) is 23.7 Å². The highest BCUT2D eigenvalue weighted by Gasteiger charge is 2.23. The molecule has 1 atom stereocenters. The highest BCUT2D eigenvalue weighted by molar-refractivity contribution is 5.88. The van der Waals surface area contributed by atoms with Crippen LogP contribution in [0.2, 0.25) is 0 Å². The maximum absolute atomic E-state index is 11.1. The Balaban J connectivity index is 2.11. The molecule has 1 aliphatic heterocycles. The fourth-order valence-corrected chi connectivity index (χ4v) is 2.39. The molecule has 0 aliphatic carbocycles. The lowest BCUT2D eigenvalue weighted by Crippen LogP contribution is -2.32. The van der Waals surface area contributed by atoms with E-state index in [9.17, 15) is 4.79 Å². The number of fused-ring (bicyclic) bond motifs is 1. The van der Waals surface area contributed by atoms with E-state index < -0.39 is 5.97 Å². The number of carboxylic acids is 1. The van der Waals surface area contributed by atoms with Crippen LogP contribution in [0, 0.1) is 0 Å². The first kappa shape index (κ1) is 13.1. The molecular formula is C14H17N3O3. The lowest BCUT2D eigenvalue weighted by molar-refractivity contribution is -0.0591. The molecular weight excluding hydrogens is 258 g/mol. The number of nitrogens with zero attached hydrogens (tertiary/aromatic N) is 3. The predicted octanol–water partition coefficient (Wildman–Crippen LogP) is 2.04. The highest BCUT2D eigenvalue weighted by atomic mass is 16.5. The van der Waals surface area contributed by atoms with Gasteiger partial charge in [-0.1, -0.05) is 13.8 Å². The van der Waals surface area contributed by atoms with Crippen molar-refractivity contribution in [3.8, 4) is 0 Å². The van der Waals surface area contributed by atoms with Gasteiger partial charge in [0.2, 0.25) is 0 Å². The number of hydrogen-bond donors (Lipinski definition) is 1. The topological polar surface area (TPSA) is 77.2 Å². The number of pyridine rings is 1. The minimum atomic E-state index is -1.02. The maximum atomic E-state index is 11.1. The SMILES string of the molecule is CC(C)c1nc2ccc(C(=O)O)nc2n1CC1CCO1. The number of hydrogen-bond acceptors (Lipinski definition) is 4. The number of aromatic carboxylic acids is 1.